The summed E-state index contributed by atoms with van der Waals surface area (Å²) in [6.45, 7) is 4.33. The van der Waals surface area contributed by atoms with Crippen molar-refractivity contribution in [3.05, 3.63) is 36.5 Å². The van der Waals surface area contributed by atoms with Crippen molar-refractivity contribution in [2.45, 2.75) is 378 Å². The van der Waals surface area contributed by atoms with Crippen molar-refractivity contribution in [1.82, 2.24) is 5.32 Å². The number of carbonyl (C=O) groups excluding carboxylic acids is 2. The molecule has 6 N–H and O–H groups in total. The Labute approximate surface area is 498 Å². The average molecular weight is 1150 g/mol. The highest BCUT2D eigenvalue weighted by Crippen LogP contribution is 2.23. The van der Waals surface area contributed by atoms with Crippen molar-refractivity contribution in [2.75, 3.05) is 19.8 Å². The molecule has 1 amide bonds. The van der Waals surface area contributed by atoms with Gasteiger partial charge in [-0.05, 0) is 64.2 Å². The highest BCUT2D eigenvalue weighted by Gasteiger charge is 2.44. The molecule has 1 heterocycles. The summed E-state index contributed by atoms with van der Waals surface area (Å²) in [5.41, 5.74) is 0. The topological polar surface area (TPSA) is 175 Å². The molecule has 0 spiro atoms. The number of amides is 1. The summed E-state index contributed by atoms with van der Waals surface area (Å²) in [7, 11) is 0. The summed E-state index contributed by atoms with van der Waals surface area (Å²) in [6.07, 6.45) is 65.7. The minimum absolute atomic E-state index is 0.00342. The number of esters is 1. The largest absolute Gasteiger partial charge is 0.466 e. The summed E-state index contributed by atoms with van der Waals surface area (Å²) >= 11 is 0. The van der Waals surface area contributed by atoms with Crippen LogP contribution in [0.2, 0.25) is 0 Å². The van der Waals surface area contributed by atoms with Gasteiger partial charge >= 0.3 is 5.97 Å². The van der Waals surface area contributed by atoms with Crippen molar-refractivity contribution in [2.24, 2.45) is 0 Å². The zero-order valence-corrected chi connectivity index (χ0v) is 52.8. The van der Waals surface area contributed by atoms with Gasteiger partial charge in [-0.25, -0.2) is 0 Å². The molecule has 0 aromatic carbocycles. The monoisotopic (exact) mass is 1150 g/mol. The number of hydrogen-bond donors (Lipinski definition) is 6. The molecule has 0 aliphatic carbocycles. The molecule has 0 radical (unpaired) electrons. The Morgan fingerprint density at radius 3 is 1.25 bits per heavy atom. The van der Waals surface area contributed by atoms with Crippen molar-refractivity contribution in [3.63, 3.8) is 0 Å². The third-order valence-corrected chi connectivity index (χ3v) is 16.5. The Bertz CT molecular complexity index is 1440. The molecule has 476 valence electrons. The predicted molar refractivity (Wildman–Crippen MR) is 338 cm³/mol. The summed E-state index contributed by atoms with van der Waals surface area (Å²) in [6, 6.07) is -0.813. The van der Waals surface area contributed by atoms with Gasteiger partial charge in [0.2, 0.25) is 5.91 Å². The molecule has 11 nitrogen and oxygen atoms in total. The molecule has 1 saturated heterocycles. The molecule has 1 fully saturated rings. The highest BCUT2D eigenvalue weighted by atomic mass is 16.7. The fourth-order valence-corrected chi connectivity index (χ4v) is 11.0. The number of rotatable bonds is 61. The van der Waals surface area contributed by atoms with Crippen LogP contribution in [0.1, 0.15) is 335 Å². The molecule has 0 aromatic heterocycles. The first-order valence-corrected chi connectivity index (χ1v) is 34.8. The molecular formula is C70H131NO10. The molecular weight excluding hydrogens is 1010 g/mol. The number of carbonyl (C=O) groups is 2. The minimum atomic E-state index is -1.57. The van der Waals surface area contributed by atoms with E-state index in [1.165, 1.54) is 231 Å². The quantitative estimate of drug-likeness (QED) is 0.0195. The fraction of sp³-hybridized carbons (Fsp3) is 0.886. The molecule has 1 aliphatic rings. The van der Waals surface area contributed by atoms with Crippen LogP contribution >= 0.6 is 0 Å². The molecule has 0 bridgehead atoms. The van der Waals surface area contributed by atoms with Gasteiger partial charge in [-0.15, -0.1) is 0 Å². The molecule has 1 rings (SSSR count). The van der Waals surface area contributed by atoms with E-state index >= 15 is 0 Å². The van der Waals surface area contributed by atoms with E-state index in [2.05, 4.69) is 43.5 Å². The van der Waals surface area contributed by atoms with Gasteiger partial charge in [0.15, 0.2) is 6.29 Å². The zero-order chi connectivity index (χ0) is 58.7. The van der Waals surface area contributed by atoms with E-state index in [1.54, 1.807) is 6.08 Å². The predicted octanol–water partition coefficient (Wildman–Crippen LogP) is 17.4. The lowest BCUT2D eigenvalue weighted by Gasteiger charge is -2.40. The number of hydrogen-bond acceptors (Lipinski definition) is 10. The van der Waals surface area contributed by atoms with Crippen LogP contribution in [0.5, 0.6) is 0 Å². The van der Waals surface area contributed by atoms with Crippen LogP contribution in [0.25, 0.3) is 0 Å². The Morgan fingerprint density at radius 1 is 0.457 bits per heavy atom. The Morgan fingerprint density at radius 2 is 0.827 bits per heavy atom. The van der Waals surface area contributed by atoms with Gasteiger partial charge < -0.3 is 45.1 Å². The standard InChI is InChI=1S/C70H131NO10/c1-3-5-7-9-11-13-14-15-16-17-25-29-32-35-38-42-46-50-54-58-66(75)79-59-55-51-47-43-39-36-33-30-27-24-22-20-18-19-21-23-26-28-31-34-37-41-45-49-53-57-65(74)71-62(63(73)56-52-48-44-40-12-10-8-6-4-2)61-80-70-69(78)68(77)67(76)64(60-72)81-70/h19-22,52,56,62-64,67-70,72-73,76-78H,3-18,23-51,53-55,57-61H2,1-2H3,(H,71,74)/b21-19-,22-20-,56-52+. The molecule has 81 heavy (non-hydrogen) atoms. The van der Waals surface area contributed by atoms with Crippen molar-refractivity contribution < 1.29 is 49.3 Å². The third-order valence-electron chi connectivity index (χ3n) is 16.5. The lowest BCUT2D eigenvalue weighted by Crippen LogP contribution is -2.60. The van der Waals surface area contributed by atoms with Crippen LogP contribution in [0.3, 0.4) is 0 Å². The molecule has 11 heteroatoms. The van der Waals surface area contributed by atoms with E-state index in [0.717, 1.165) is 77.0 Å². The number of ether oxygens (including phenoxy) is 3. The maximum atomic E-state index is 13.0. The number of nitrogens with one attached hydrogen (secondary N) is 1. The van der Waals surface area contributed by atoms with E-state index in [-0.39, 0.29) is 18.5 Å². The third kappa shape index (κ3) is 48.8. The number of aliphatic hydroxyl groups is 5. The van der Waals surface area contributed by atoms with Crippen molar-refractivity contribution in [1.29, 1.82) is 0 Å². The highest BCUT2D eigenvalue weighted by molar-refractivity contribution is 5.76. The molecule has 7 unspecified atom stereocenters. The summed E-state index contributed by atoms with van der Waals surface area (Å²) in [5.74, 6) is -0.186. The second-order valence-corrected chi connectivity index (χ2v) is 24.2. The second-order valence-electron chi connectivity index (χ2n) is 24.2. The van der Waals surface area contributed by atoms with Gasteiger partial charge in [-0.1, -0.05) is 294 Å². The Kier molecular flexibility index (Phi) is 56.6. The van der Waals surface area contributed by atoms with Gasteiger partial charge in [0.25, 0.3) is 0 Å². The van der Waals surface area contributed by atoms with Crippen LogP contribution in [-0.4, -0.2) is 100 Å². The second kappa shape index (κ2) is 59.6. The minimum Gasteiger partial charge on any atom is -0.466 e. The van der Waals surface area contributed by atoms with E-state index in [0.29, 0.717) is 19.4 Å². The smallest absolute Gasteiger partial charge is 0.305 e. The van der Waals surface area contributed by atoms with Crippen LogP contribution in [0.15, 0.2) is 36.5 Å². The fourth-order valence-electron chi connectivity index (χ4n) is 11.0. The van der Waals surface area contributed by atoms with Crippen LogP contribution in [-0.2, 0) is 23.8 Å². The van der Waals surface area contributed by atoms with Crippen LogP contribution < -0.4 is 5.32 Å². The van der Waals surface area contributed by atoms with E-state index in [9.17, 15) is 35.1 Å². The lowest BCUT2D eigenvalue weighted by molar-refractivity contribution is -0.302. The van der Waals surface area contributed by atoms with Crippen molar-refractivity contribution in [3.8, 4) is 0 Å². The van der Waals surface area contributed by atoms with E-state index < -0.39 is 49.5 Å². The SMILES string of the molecule is CCCCCCCCC/C=C/C(O)C(COC1OC(CO)C(O)C(O)C1O)NC(=O)CCCCCCCCCCC/C=C\C/C=C\CCCCCCCCCCCOC(=O)CCCCCCCCCCCCCCCCCCCCC. The maximum Gasteiger partial charge on any atom is 0.305 e. The summed E-state index contributed by atoms with van der Waals surface area (Å²) in [4.78, 5) is 25.1. The number of aliphatic hydroxyl groups excluding tert-OH is 5. The molecule has 0 saturated carbocycles. The first-order valence-electron chi connectivity index (χ1n) is 34.8. The number of allylic oxidation sites excluding steroid dienone is 5. The zero-order valence-electron chi connectivity index (χ0n) is 52.8. The van der Waals surface area contributed by atoms with Gasteiger partial charge in [0.05, 0.1) is 32.0 Å². The Balaban J connectivity index is 1.94. The van der Waals surface area contributed by atoms with E-state index in [1.807, 2.05) is 6.08 Å². The van der Waals surface area contributed by atoms with Gasteiger partial charge in [0, 0.05) is 12.8 Å². The molecule has 7 atom stereocenters. The van der Waals surface area contributed by atoms with Gasteiger partial charge in [-0.2, -0.15) is 0 Å². The van der Waals surface area contributed by atoms with Gasteiger partial charge in [0.1, 0.15) is 24.4 Å². The summed E-state index contributed by atoms with van der Waals surface area (Å²) < 4.78 is 16.7. The normalized spacial score (nSPS) is 18.4. The van der Waals surface area contributed by atoms with Crippen molar-refractivity contribution >= 4 is 11.9 Å². The van der Waals surface area contributed by atoms with Gasteiger partial charge in [-0.3, -0.25) is 9.59 Å². The van der Waals surface area contributed by atoms with E-state index in [4.69, 9.17) is 14.2 Å². The average Bonchev–Trinajstić information content (AvgIpc) is 3.47. The Hall–Kier alpha value is -2.12. The molecule has 1 aliphatic heterocycles. The summed E-state index contributed by atoms with van der Waals surface area (Å²) in [5, 5.41) is 54.3. The van der Waals surface area contributed by atoms with Crippen LogP contribution in [0, 0.1) is 0 Å². The maximum absolute atomic E-state index is 13.0. The molecule has 0 aromatic rings. The number of unbranched alkanes of at least 4 members (excludes halogenated alkanes) is 43. The van der Waals surface area contributed by atoms with Crippen LogP contribution in [0.4, 0.5) is 0 Å². The first-order chi connectivity index (χ1) is 39.7. The first kappa shape index (κ1) is 76.9. The lowest BCUT2D eigenvalue weighted by atomic mass is 9.99.